The van der Waals surface area contributed by atoms with Crippen LogP contribution in [-0.2, 0) is 4.79 Å². The van der Waals surface area contributed by atoms with Crippen LogP contribution in [0.2, 0.25) is 0 Å². The maximum Gasteiger partial charge on any atom is 0.318 e. The van der Waals surface area contributed by atoms with E-state index in [2.05, 4.69) is 5.32 Å². The monoisotopic (exact) mass is 135 g/mol. The topological polar surface area (TPSA) is 29.1 Å². The molecule has 1 fully saturated rings. The van der Waals surface area contributed by atoms with Crippen LogP contribution in [0.1, 0.15) is 6.42 Å². The number of nitrogens with one attached hydrogen (secondary N) is 1. The van der Waals surface area contributed by atoms with Gasteiger partial charge in [0.15, 0.2) is 0 Å². The molecule has 1 aliphatic rings. The van der Waals surface area contributed by atoms with Gasteiger partial charge in [0.1, 0.15) is 12.2 Å². The summed E-state index contributed by atoms with van der Waals surface area (Å²) in [5, 5.41) is 2.41. The Labute approximate surface area is 51.2 Å². The Kier molecular flexibility index (Phi) is 1.75. The van der Waals surface area contributed by atoms with Gasteiger partial charge in [-0.25, -0.2) is 4.39 Å². The number of hydrogen-bond donors (Lipinski definition) is 1. The number of hydrogen-bond acceptors (Lipinski definition) is 2. The molecule has 1 saturated heterocycles. The summed E-state index contributed by atoms with van der Waals surface area (Å²) in [5.41, 5.74) is 0. The Morgan fingerprint density at radius 1 is 1.67 bits per heavy atom. The number of rotatable bonds is 1. The molecule has 4 heteroatoms. The summed E-state index contributed by atoms with van der Waals surface area (Å²) >= 11 is 0. The molecule has 0 aromatic rings. The molecule has 0 aromatic carbocycles. The summed E-state index contributed by atoms with van der Waals surface area (Å²) in [4.78, 5) is 9.90. The quantitative estimate of drug-likeness (QED) is 0.520. The summed E-state index contributed by atoms with van der Waals surface area (Å²) in [5.74, 6) is 0. The van der Waals surface area contributed by atoms with E-state index in [1.54, 1.807) is 0 Å². The van der Waals surface area contributed by atoms with Crippen molar-refractivity contribution in [1.82, 2.24) is 5.32 Å². The highest BCUT2D eigenvalue weighted by Crippen LogP contribution is 2.10. The van der Waals surface area contributed by atoms with Crippen LogP contribution in [-0.4, -0.2) is 24.8 Å². The summed E-state index contributed by atoms with van der Waals surface area (Å²) in [6.45, 7) is 0.0975. The minimum atomic E-state index is -1.46. The normalized spacial score (nSPS) is 34.9. The lowest BCUT2D eigenvalue weighted by molar-refractivity contribution is -0.131. The van der Waals surface area contributed by atoms with Gasteiger partial charge in [0, 0.05) is 13.0 Å². The largest absolute Gasteiger partial charge is 0.318 e. The number of alkyl halides is 1. The van der Waals surface area contributed by atoms with Gasteiger partial charge in [-0.05, 0) is 0 Å². The van der Waals surface area contributed by atoms with Crippen LogP contribution in [0.3, 0.4) is 0 Å². The summed E-state index contributed by atoms with van der Waals surface area (Å²) in [7, 11) is 0. The standard InChI is InChI=1S/C5H7F2NO/c6-3-1-4(5(7)9)8-2-3/h3-4,8H,1-2H2. The second-order valence-corrected chi connectivity index (χ2v) is 2.10. The Morgan fingerprint density at radius 2 is 2.33 bits per heavy atom. The zero-order chi connectivity index (χ0) is 6.85. The summed E-state index contributed by atoms with van der Waals surface area (Å²) < 4.78 is 23.9. The molecule has 1 rings (SSSR count). The first-order valence-electron chi connectivity index (χ1n) is 2.77. The third-order valence-corrected chi connectivity index (χ3v) is 1.35. The van der Waals surface area contributed by atoms with Crippen LogP contribution in [0.4, 0.5) is 8.78 Å². The van der Waals surface area contributed by atoms with Crippen molar-refractivity contribution in [3.05, 3.63) is 0 Å². The van der Waals surface area contributed by atoms with Gasteiger partial charge >= 0.3 is 6.04 Å². The van der Waals surface area contributed by atoms with E-state index in [0.29, 0.717) is 0 Å². The second kappa shape index (κ2) is 2.39. The Morgan fingerprint density at radius 3 is 2.56 bits per heavy atom. The van der Waals surface area contributed by atoms with Gasteiger partial charge in [-0.1, -0.05) is 0 Å². The van der Waals surface area contributed by atoms with E-state index in [9.17, 15) is 13.6 Å². The molecule has 0 radical (unpaired) electrons. The highest BCUT2D eigenvalue weighted by molar-refractivity contribution is 5.74. The molecule has 0 aliphatic carbocycles. The van der Waals surface area contributed by atoms with E-state index >= 15 is 0 Å². The Hall–Kier alpha value is -0.510. The van der Waals surface area contributed by atoms with Gasteiger partial charge in [-0.15, -0.1) is 0 Å². The highest BCUT2D eigenvalue weighted by Gasteiger charge is 2.28. The maximum absolute atomic E-state index is 12.2. The third-order valence-electron chi connectivity index (χ3n) is 1.35. The van der Waals surface area contributed by atoms with E-state index in [0.717, 1.165) is 0 Å². The molecule has 2 unspecified atom stereocenters. The van der Waals surface area contributed by atoms with Crippen LogP contribution in [0.5, 0.6) is 0 Å². The predicted octanol–water partition coefficient (Wildman–Crippen LogP) is 0.183. The van der Waals surface area contributed by atoms with E-state index in [1.807, 2.05) is 0 Å². The van der Waals surface area contributed by atoms with Crippen LogP contribution < -0.4 is 5.32 Å². The maximum atomic E-state index is 12.2. The molecule has 1 aliphatic heterocycles. The Bertz CT molecular complexity index is 128. The van der Waals surface area contributed by atoms with Crippen molar-refractivity contribution >= 4 is 6.04 Å². The van der Waals surface area contributed by atoms with Crippen molar-refractivity contribution in [3.63, 3.8) is 0 Å². The summed E-state index contributed by atoms with van der Waals surface area (Å²) in [6.07, 6.45) is -1.08. The van der Waals surface area contributed by atoms with E-state index in [1.165, 1.54) is 0 Å². The summed E-state index contributed by atoms with van der Waals surface area (Å²) in [6, 6.07) is -2.35. The second-order valence-electron chi connectivity index (χ2n) is 2.10. The average Bonchev–Trinajstić information content (AvgIpc) is 2.14. The van der Waals surface area contributed by atoms with Crippen LogP contribution in [0.15, 0.2) is 0 Å². The first kappa shape index (κ1) is 6.61. The zero-order valence-corrected chi connectivity index (χ0v) is 4.73. The van der Waals surface area contributed by atoms with Crippen molar-refractivity contribution < 1.29 is 13.6 Å². The fraction of sp³-hybridized carbons (Fsp3) is 0.800. The molecule has 9 heavy (non-hydrogen) atoms. The highest BCUT2D eigenvalue weighted by atomic mass is 19.1. The van der Waals surface area contributed by atoms with Gasteiger partial charge in [0.2, 0.25) is 0 Å². The fourth-order valence-corrected chi connectivity index (χ4v) is 0.865. The third kappa shape index (κ3) is 1.45. The average molecular weight is 135 g/mol. The van der Waals surface area contributed by atoms with E-state index in [4.69, 9.17) is 0 Å². The Balaban J connectivity index is 2.39. The molecule has 2 nitrogen and oxygen atoms in total. The number of carbonyl (C=O) groups is 1. The van der Waals surface area contributed by atoms with E-state index < -0.39 is 18.3 Å². The molecule has 0 aromatic heterocycles. The fourth-order valence-electron chi connectivity index (χ4n) is 0.865. The minimum absolute atomic E-state index is 0.0185. The van der Waals surface area contributed by atoms with Crippen molar-refractivity contribution in [2.75, 3.05) is 6.54 Å². The molecular formula is C5H7F2NO. The molecule has 0 spiro atoms. The van der Waals surface area contributed by atoms with Crippen LogP contribution in [0, 0.1) is 0 Å². The van der Waals surface area contributed by atoms with Crippen molar-refractivity contribution in [1.29, 1.82) is 0 Å². The van der Waals surface area contributed by atoms with Crippen molar-refractivity contribution in [2.24, 2.45) is 0 Å². The van der Waals surface area contributed by atoms with Gasteiger partial charge in [-0.2, -0.15) is 4.39 Å². The minimum Gasteiger partial charge on any atom is -0.302 e. The molecule has 52 valence electrons. The molecule has 2 atom stereocenters. The number of carbonyl (C=O) groups excluding carboxylic acids is 1. The lowest BCUT2D eigenvalue weighted by Crippen LogP contribution is -2.27. The first-order chi connectivity index (χ1) is 4.20. The lowest BCUT2D eigenvalue weighted by Gasteiger charge is -1.97. The predicted molar refractivity (Wildman–Crippen MR) is 27.4 cm³/mol. The van der Waals surface area contributed by atoms with Gasteiger partial charge in [0.05, 0.1) is 0 Å². The van der Waals surface area contributed by atoms with Crippen LogP contribution in [0.25, 0.3) is 0 Å². The number of halogens is 2. The molecular weight excluding hydrogens is 128 g/mol. The molecule has 0 amide bonds. The molecule has 1 heterocycles. The SMILES string of the molecule is O=C(F)C1CC(F)CN1. The van der Waals surface area contributed by atoms with Crippen LogP contribution >= 0.6 is 0 Å². The molecule has 1 N–H and O–H groups in total. The first-order valence-corrected chi connectivity index (χ1v) is 2.77. The molecule has 0 bridgehead atoms. The van der Waals surface area contributed by atoms with Gasteiger partial charge in [-0.3, -0.25) is 4.79 Å². The zero-order valence-electron chi connectivity index (χ0n) is 4.73. The lowest BCUT2D eigenvalue weighted by atomic mass is 10.2. The van der Waals surface area contributed by atoms with Gasteiger partial charge in [0.25, 0.3) is 0 Å². The van der Waals surface area contributed by atoms with E-state index in [-0.39, 0.29) is 13.0 Å². The van der Waals surface area contributed by atoms with Gasteiger partial charge < -0.3 is 5.32 Å². The molecule has 0 saturated carbocycles. The van der Waals surface area contributed by atoms with Crippen molar-refractivity contribution in [3.8, 4) is 0 Å². The van der Waals surface area contributed by atoms with Crippen molar-refractivity contribution in [2.45, 2.75) is 18.6 Å². The smallest absolute Gasteiger partial charge is 0.302 e.